The summed E-state index contributed by atoms with van der Waals surface area (Å²) in [6, 6.07) is 10.6. The first-order chi connectivity index (χ1) is 12.1. The van der Waals surface area contributed by atoms with E-state index in [9.17, 15) is 14.9 Å². The number of nitrogens with zero attached hydrogens (tertiary/aromatic N) is 3. The van der Waals surface area contributed by atoms with E-state index >= 15 is 0 Å². The number of hydrogen-bond acceptors (Lipinski definition) is 5. The molecule has 1 aliphatic rings. The third-order valence-corrected chi connectivity index (χ3v) is 4.42. The number of fused-ring (bicyclic) bond motifs is 2. The zero-order valence-electron chi connectivity index (χ0n) is 13.3. The van der Waals surface area contributed by atoms with E-state index in [2.05, 4.69) is 4.98 Å². The van der Waals surface area contributed by atoms with Gasteiger partial charge in [0, 0.05) is 6.20 Å². The molecule has 0 unspecified atom stereocenters. The molecule has 7 nitrogen and oxygen atoms in total. The molecule has 1 aliphatic carbocycles. The fraction of sp³-hybridized carbons (Fsp3) is 0.222. The topological polar surface area (TPSA) is 86.7 Å². The van der Waals surface area contributed by atoms with Crippen LogP contribution >= 0.6 is 0 Å². The molecule has 4 rings (SSSR count). The molecule has 25 heavy (non-hydrogen) atoms. The standard InChI is InChI=1S/C18H15N3O4/c22-18-16(21(23)24)17(19-15-10-3-4-11-20(15)18)25-14-9-5-7-12-6-1-2-8-13(12)14/h3-5,7,9-11H,1-2,6,8H2. The molecule has 0 spiro atoms. The highest BCUT2D eigenvalue weighted by molar-refractivity contribution is 5.52. The minimum absolute atomic E-state index is 0.264. The molecule has 0 atom stereocenters. The first-order valence-corrected chi connectivity index (χ1v) is 8.09. The SMILES string of the molecule is O=c1c([N+](=O)[O-])c(Oc2cccc3c2CCCC3)nc2ccccn12. The lowest BCUT2D eigenvalue weighted by Gasteiger charge is -2.18. The Morgan fingerprint density at radius 2 is 1.96 bits per heavy atom. The number of benzene rings is 1. The van der Waals surface area contributed by atoms with E-state index < -0.39 is 16.2 Å². The van der Waals surface area contributed by atoms with E-state index in [-0.39, 0.29) is 5.88 Å². The molecule has 2 heterocycles. The predicted molar refractivity (Wildman–Crippen MR) is 91.3 cm³/mol. The van der Waals surface area contributed by atoms with Gasteiger partial charge in [-0.2, -0.15) is 4.98 Å². The minimum atomic E-state index is -0.754. The van der Waals surface area contributed by atoms with E-state index in [0.29, 0.717) is 11.4 Å². The van der Waals surface area contributed by atoms with Crippen molar-refractivity contribution in [2.24, 2.45) is 0 Å². The van der Waals surface area contributed by atoms with Gasteiger partial charge in [0.25, 0.3) is 0 Å². The Bertz CT molecular complexity index is 1040. The Hall–Kier alpha value is -3.22. The number of aryl methyl sites for hydroxylation is 1. The average Bonchev–Trinajstić information content (AvgIpc) is 2.62. The van der Waals surface area contributed by atoms with Crippen LogP contribution in [0.1, 0.15) is 24.0 Å². The van der Waals surface area contributed by atoms with Gasteiger partial charge in [0.1, 0.15) is 11.4 Å². The number of ether oxygens (including phenoxy) is 1. The van der Waals surface area contributed by atoms with Crippen LogP contribution in [0.5, 0.6) is 11.6 Å². The molecule has 2 aromatic heterocycles. The summed E-state index contributed by atoms with van der Waals surface area (Å²) < 4.78 is 6.94. The normalized spacial score (nSPS) is 13.4. The van der Waals surface area contributed by atoms with Crippen molar-refractivity contribution in [3.63, 3.8) is 0 Å². The maximum atomic E-state index is 12.5. The molecular formula is C18H15N3O4. The summed E-state index contributed by atoms with van der Waals surface area (Å²) in [4.78, 5) is 27.4. The van der Waals surface area contributed by atoms with Crippen molar-refractivity contribution in [1.82, 2.24) is 9.38 Å². The maximum Gasteiger partial charge on any atom is 0.396 e. The molecule has 0 N–H and O–H groups in total. The van der Waals surface area contributed by atoms with Gasteiger partial charge >= 0.3 is 17.1 Å². The van der Waals surface area contributed by atoms with Crippen LogP contribution in [0, 0.1) is 10.1 Å². The lowest BCUT2D eigenvalue weighted by atomic mass is 9.91. The fourth-order valence-corrected chi connectivity index (χ4v) is 3.23. The molecular weight excluding hydrogens is 322 g/mol. The monoisotopic (exact) mass is 337 g/mol. The van der Waals surface area contributed by atoms with Gasteiger partial charge in [-0.3, -0.25) is 19.3 Å². The van der Waals surface area contributed by atoms with Crippen molar-refractivity contribution in [2.45, 2.75) is 25.7 Å². The van der Waals surface area contributed by atoms with Gasteiger partial charge in [0.15, 0.2) is 0 Å². The quantitative estimate of drug-likeness (QED) is 0.541. The molecule has 3 aromatic rings. The average molecular weight is 337 g/mol. The fourth-order valence-electron chi connectivity index (χ4n) is 3.23. The van der Waals surface area contributed by atoms with E-state index in [0.717, 1.165) is 35.6 Å². The van der Waals surface area contributed by atoms with Gasteiger partial charge in [-0.1, -0.05) is 18.2 Å². The summed E-state index contributed by atoms with van der Waals surface area (Å²) in [6.07, 6.45) is 5.43. The summed E-state index contributed by atoms with van der Waals surface area (Å²) >= 11 is 0. The van der Waals surface area contributed by atoms with Crippen LogP contribution in [-0.2, 0) is 12.8 Å². The van der Waals surface area contributed by atoms with Gasteiger partial charge in [0.05, 0.1) is 4.92 Å². The highest BCUT2D eigenvalue weighted by Gasteiger charge is 2.26. The van der Waals surface area contributed by atoms with Gasteiger partial charge in [-0.25, -0.2) is 0 Å². The number of pyridine rings is 1. The Morgan fingerprint density at radius 1 is 1.12 bits per heavy atom. The summed E-state index contributed by atoms with van der Waals surface area (Å²) in [5, 5.41) is 11.4. The van der Waals surface area contributed by atoms with Crippen LogP contribution < -0.4 is 10.3 Å². The van der Waals surface area contributed by atoms with Gasteiger partial charge in [-0.05, 0) is 55.0 Å². The second-order valence-corrected chi connectivity index (χ2v) is 5.96. The summed E-state index contributed by atoms with van der Waals surface area (Å²) in [5.41, 5.74) is 1.12. The summed E-state index contributed by atoms with van der Waals surface area (Å²) in [7, 11) is 0. The number of aromatic nitrogens is 2. The lowest BCUT2D eigenvalue weighted by molar-refractivity contribution is -0.387. The van der Waals surface area contributed by atoms with Crippen molar-refractivity contribution >= 4 is 11.3 Å². The van der Waals surface area contributed by atoms with Crippen LogP contribution in [0.25, 0.3) is 5.65 Å². The van der Waals surface area contributed by atoms with Crippen LogP contribution in [0.3, 0.4) is 0 Å². The minimum Gasteiger partial charge on any atom is -0.433 e. The first-order valence-electron chi connectivity index (χ1n) is 8.09. The first kappa shape index (κ1) is 15.3. The summed E-state index contributed by atoms with van der Waals surface area (Å²) in [5.74, 6) is 0.271. The van der Waals surface area contributed by atoms with Gasteiger partial charge in [-0.15, -0.1) is 0 Å². The molecule has 0 saturated heterocycles. The molecule has 0 radical (unpaired) electrons. The van der Waals surface area contributed by atoms with E-state index in [4.69, 9.17) is 4.74 Å². The number of rotatable bonds is 3. The second-order valence-electron chi connectivity index (χ2n) is 5.96. The molecule has 0 saturated carbocycles. The van der Waals surface area contributed by atoms with E-state index in [1.807, 2.05) is 12.1 Å². The van der Waals surface area contributed by atoms with Crippen molar-refractivity contribution in [2.75, 3.05) is 0 Å². The summed E-state index contributed by atoms with van der Waals surface area (Å²) in [6.45, 7) is 0. The Morgan fingerprint density at radius 3 is 2.80 bits per heavy atom. The third-order valence-electron chi connectivity index (χ3n) is 4.42. The molecule has 7 heteroatoms. The van der Waals surface area contributed by atoms with Crippen molar-refractivity contribution < 1.29 is 9.66 Å². The van der Waals surface area contributed by atoms with Crippen LogP contribution in [0.2, 0.25) is 0 Å². The molecule has 0 fully saturated rings. The van der Waals surface area contributed by atoms with E-state index in [1.165, 1.54) is 11.8 Å². The number of nitro groups is 1. The van der Waals surface area contributed by atoms with Crippen LogP contribution in [0.4, 0.5) is 5.69 Å². The predicted octanol–water partition coefficient (Wildman–Crippen LogP) is 3.27. The van der Waals surface area contributed by atoms with Crippen molar-refractivity contribution in [3.05, 3.63) is 74.2 Å². The molecule has 0 aliphatic heterocycles. The van der Waals surface area contributed by atoms with Crippen molar-refractivity contribution in [1.29, 1.82) is 0 Å². The Kier molecular flexibility index (Phi) is 3.68. The molecule has 1 aromatic carbocycles. The van der Waals surface area contributed by atoms with Crippen LogP contribution in [-0.4, -0.2) is 14.3 Å². The molecule has 0 bridgehead atoms. The largest absolute Gasteiger partial charge is 0.433 e. The van der Waals surface area contributed by atoms with Crippen LogP contribution in [0.15, 0.2) is 47.4 Å². The zero-order chi connectivity index (χ0) is 17.4. The third kappa shape index (κ3) is 2.63. The highest BCUT2D eigenvalue weighted by Crippen LogP contribution is 2.34. The van der Waals surface area contributed by atoms with Gasteiger partial charge in [0.2, 0.25) is 0 Å². The number of hydrogen-bond donors (Lipinski definition) is 0. The lowest BCUT2D eigenvalue weighted by Crippen LogP contribution is -2.19. The second kappa shape index (κ2) is 6.01. The smallest absolute Gasteiger partial charge is 0.396 e. The van der Waals surface area contributed by atoms with E-state index in [1.54, 1.807) is 24.3 Å². The Balaban J connectivity index is 1.89. The highest BCUT2D eigenvalue weighted by atomic mass is 16.6. The maximum absolute atomic E-state index is 12.5. The van der Waals surface area contributed by atoms with Gasteiger partial charge < -0.3 is 4.74 Å². The Labute approximate surface area is 142 Å². The van der Waals surface area contributed by atoms with Crippen molar-refractivity contribution in [3.8, 4) is 11.6 Å². The molecule has 0 amide bonds. The molecule has 126 valence electrons. The zero-order valence-corrected chi connectivity index (χ0v) is 13.3.